The monoisotopic (exact) mass is 261 g/mol. The quantitative estimate of drug-likeness (QED) is 0.816. The highest BCUT2D eigenvalue weighted by Crippen LogP contribution is 2.23. The van der Waals surface area contributed by atoms with E-state index in [-0.39, 0.29) is 0 Å². The molecule has 0 N–H and O–H groups in total. The van der Waals surface area contributed by atoms with Crippen LogP contribution in [0, 0.1) is 6.92 Å². The van der Waals surface area contributed by atoms with E-state index in [0.29, 0.717) is 0 Å². The van der Waals surface area contributed by atoms with Gasteiger partial charge in [-0.1, -0.05) is 0 Å². The van der Waals surface area contributed by atoms with Gasteiger partial charge in [0.1, 0.15) is 11.6 Å². The number of hydrogen-bond donors (Lipinski definition) is 0. The summed E-state index contributed by atoms with van der Waals surface area (Å²) in [5.41, 5.74) is 1.30. The number of ether oxygens (including phenoxy) is 1. The first kappa shape index (κ1) is 12.7. The average Bonchev–Trinajstić information content (AvgIpc) is 2.48. The first-order chi connectivity index (χ1) is 9.33. The van der Waals surface area contributed by atoms with E-state index in [0.717, 1.165) is 51.0 Å². The van der Waals surface area contributed by atoms with Crippen LogP contribution < -0.4 is 9.80 Å². The van der Waals surface area contributed by atoms with Crippen molar-refractivity contribution in [1.82, 2.24) is 4.98 Å². The van der Waals surface area contributed by atoms with Gasteiger partial charge < -0.3 is 14.5 Å². The van der Waals surface area contributed by atoms with Crippen LogP contribution >= 0.6 is 0 Å². The Morgan fingerprint density at radius 2 is 1.47 bits per heavy atom. The van der Waals surface area contributed by atoms with Crippen LogP contribution in [0.25, 0.3) is 0 Å². The molecule has 0 aromatic carbocycles. The zero-order chi connectivity index (χ0) is 13.1. The van der Waals surface area contributed by atoms with Crippen molar-refractivity contribution in [2.75, 3.05) is 49.2 Å². The van der Waals surface area contributed by atoms with Crippen LogP contribution in [0.4, 0.5) is 11.6 Å². The lowest BCUT2D eigenvalue weighted by molar-refractivity contribution is 0.122. The number of hydrogen-bond acceptors (Lipinski definition) is 4. The van der Waals surface area contributed by atoms with Crippen LogP contribution in [0.5, 0.6) is 0 Å². The number of morpholine rings is 1. The van der Waals surface area contributed by atoms with Crippen LogP contribution in [0.1, 0.15) is 24.8 Å². The molecule has 0 aliphatic carbocycles. The summed E-state index contributed by atoms with van der Waals surface area (Å²) < 4.78 is 5.42. The third-order valence-corrected chi connectivity index (χ3v) is 3.96. The summed E-state index contributed by atoms with van der Waals surface area (Å²) in [5, 5.41) is 0. The largest absolute Gasteiger partial charge is 0.378 e. The van der Waals surface area contributed by atoms with Crippen molar-refractivity contribution in [3.63, 3.8) is 0 Å². The molecule has 0 spiro atoms. The first-order valence-electron chi connectivity index (χ1n) is 7.39. The number of anilines is 2. The summed E-state index contributed by atoms with van der Waals surface area (Å²) in [6.45, 7) is 8.01. The minimum Gasteiger partial charge on any atom is -0.378 e. The molecule has 0 atom stereocenters. The maximum Gasteiger partial charge on any atom is 0.131 e. The fourth-order valence-corrected chi connectivity index (χ4v) is 2.87. The second kappa shape index (κ2) is 5.78. The van der Waals surface area contributed by atoms with E-state index in [1.54, 1.807) is 0 Å². The summed E-state index contributed by atoms with van der Waals surface area (Å²) in [7, 11) is 0. The van der Waals surface area contributed by atoms with Crippen molar-refractivity contribution in [2.24, 2.45) is 0 Å². The van der Waals surface area contributed by atoms with Crippen molar-refractivity contribution in [3.05, 3.63) is 17.7 Å². The van der Waals surface area contributed by atoms with E-state index in [9.17, 15) is 0 Å². The molecule has 19 heavy (non-hydrogen) atoms. The Bertz CT molecular complexity index is 387. The highest BCUT2D eigenvalue weighted by molar-refractivity contribution is 5.52. The molecule has 3 heterocycles. The van der Waals surface area contributed by atoms with E-state index in [2.05, 4.69) is 28.9 Å². The normalized spacial score (nSPS) is 20.7. The SMILES string of the molecule is Cc1cc(N2CCCCC2)nc(N2CCOCC2)c1. The minimum atomic E-state index is 0.814. The zero-order valence-electron chi connectivity index (χ0n) is 11.8. The van der Waals surface area contributed by atoms with Crippen molar-refractivity contribution in [2.45, 2.75) is 26.2 Å². The molecule has 1 aromatic rings. The molecular formula is C15H23N3O. The molecule has 2 saturated heterocycles. The molecule has 104 valence electrons. The molecular weight excluding hydrogens is 238 g/mol. The number of pyridine rings is 1. The van der Waals surface area contributed by atoms with Gasteiger partial charge in [-0.2, -0.15) is 0 Å². The second-order valence-corrected chi connectivity index (χ2v) is 5.51. The fraction of sp³-hybridized carbons (Fsp3) is 0.667. The molecule has 2 fully saturated rings. The Balaban J connectivity index is 1.82. The lowest BCUT2D eigenvalue weighted by Gasteiger charge is -2.31. The summed E-state index contributed by atoms with van der Waals surface area (Å²) in [5.74, 6) is 2.27. The minimum absolute atomic E-state index is 0.814. The van der Waals surface area contributed by atoms with E-state index in [1.165, 1.54) is 24.8 Å². The van der Waals surface area contributed by atoms with Crippen LogP contribution in [0.15, 0.2) is 12.1 Å². The maximum atomic E-state index is 5.42. The Labute approximate surface area is 115 Å². The van der Waals surface area contributed by atoms with E-state index in [1.807, 2.05) is 0 Å². The summed E-state index contributed by atoms with van der Waals surface area (Å²) in [6, 6.07) is 4.41. The summed E-state index contributed by atoms with van der Waals surface area (Å²) in [4.78, 5) is 9.65. The highest BCUT2D eigenvalue weighted by atomic mass is 16.5. The molecule has 0 radical (unpaired) electrons. The van der Waals surface area contributed by atoms with Gasteiger partial charge in [0.2, 0.25) is 0 Å². The predicted octanol–water partition coefficient (Wildman–Crippen LogP) is 2.22. The van der Waals surface area contributed by atoms with Crippen molar-refractivity contribution >= 4 is 11.6 Å². The number of aryl methyl sites for hydroxylation is 1. The Morgan fingerprint density at radius 1 is 0.895 bits per heavy atom. The molecule has 0 saturated carbocycles. The van der Waals surface area contributed by atoms with Gasteiger partial charge in [-0.05, 0) is 43.9 Å². The maximum absolute atomic E-state index is 5.42. The third-order valence-electron chi connectivity index (χ3n) is 3.96. The van der Waals surface area contributed by atoms with Gasteiger partial charge in [-0.15, -0.1) is 0 Å². The van der Waals surface area contributed by atoms with Crippen LogP contribution in [0.2, 0.25) is 0 Å². The van der Waals surface area contributed by atoms with Crippen molar-refractivity contribution < 1.29 is 4.74 Å². The lowest BCUT2D eigenvalue weighted by Crippen LogP contribution is -2.37. The average molecular weight is 261 g/mol. The topological polar surface area (TPSA) is 28.6 Å². The van der Waals surface area contributed by atoms with Gasteiger partial charge in [0.05, 0.1) is 13.2 Å². The standard InChI is InChI=1S/C15H23N3O/c1-13-11-14(17-5-3-2-4-6-17)16-15(12-13)18-7-9-19-10-8-18/h11-12H,2-10H2,1H3. The van der Waals surface area contributed by atoms with Crippen molar-refractivity contribution in [3.8, 4) is 0 Å². The molecule has 4 nitrogen and oxygen atoms in total. The Hall–Kier alpha value is -1.29. The zero-order valence-corrected chi connectivity index (χ0v) is 11.8. The van der Waals surface area contributed by atoms with E-state index in [4.69, 9.17) is 9.72 Å². The van der Waals surface area contributed by atoms with E-state index < -0.39 is 0 Å². The van der Waals surface area contributed by atoms with Gasteiger partial charge in [-0.3, -0.25) is 0 Å². The second-order valence-electron chi connectivity index (χ2n) is 5.51. The summed E-state index contributed by atoms with van der Waals surface area (Å²) in [6.07, 6.45) is 3.95. The molecule has 1 aromatic heterocycles. The highest BCUT2D eigenvalue weighted by Gasteiger charge is 2.17. The number of nitrogens with zero attached hydrogens (tertiary/aromatic N) is 3. The smallest absolute Gasteiger partial charge is 0.131 e. The Kier molecular flexibility index (Phi) is 3.87. The molecule has 4 heteroatoms. The number of rotatable bonds is 2. The van der Waals surface area contributed by atoms with Gasteiger partial charge in [-0.25, -0.2) is 4.98 Å². The van der Waals surface area contributed by atoms with Crippen LogP contribution in [-0.2, 0) is 4.74 Å². The van der Waals surface area contributed by atoms with Gasteiger partial charge >= 0.3 is 0 Å². The molecule has 2 aliphatic heterocycles. The number of aromatic nitrogens is 1. The van der Waals surface area contributed by atoms with Gasteiger partial charge in [0.25, 0.3) is 0 Å². The molecule has 2 aliphatic rings. The molecule has 0 amide bonds. The van der Waals surface area contributed by atoms with Crippen LogP contribution in [0.3, 0.4) is 0 Å². The Morgan fingerprint density at radius 3 is 2.11 bits per heavy atom. The lowest BCUT2D eigenvalue weighted by atomic mass is 10.1. The van der Waals surface area contributed by atoms with Gasteiger partial charge in [0.15, 0.2) is 0 Å². The number of piperidine rings is 1. The molecule has 3 rings (SSSR count). The van der Waals surface area contributed by atoms with E-state index >= 15 is 0 Å². The first-order valence-corrected chi connectivity index (χ1v) is 7.39. The van der Waals surface area contributed by atoms with Crippen LogP contribution in [-0.4, -0.2) is 44.4 Å². The summed E-state index contributed by atoms with van der Waals surface area (Å²) >= 11 is 0. The molecule has 0 unspecified atom stereocenters. The molecule has 0 bridgehead atoms. The third kappa shape index (κ3) is 3.00. The predicted molar refractivity (Wildman–Crippen MR) is 78.1 cm³/mol. The van der Waals surface area contributed by atoms with Gasteiger partial charge in [0, 0.05) is 26.2 Å². The van der Waals surface area contributed by atoms with Crippen molar-refractivity contribution in [1.29, 1.82) is 0 Å². The fourth-order valence-electron chi connectivity index (χ4n) is 2.87.